The van der Waals surface area contributed by atoms with Crippen LogP contribution < -0.4 is 5.73 Å². The van der Waals surface area contributed by atoms with Crippen molar-refractivity contribution in [1.82, 2.24) is 10.2 Å². The second-order valence-electron chi connectivity index (χ2n) is 2.65. The van der Waals surface area contributed by atoms with E-state index < -0.39 is 5.91 Å². The molecule has 13 heavy (non-hydrogen) atoms. The average Bonchev–Trinajstić information content (AvgIpc) is 2.49. The third-order valence-corrected chi connectivity index (χ3v) is 2.00. The van der Waals surface area contributed by atoms with Gasteiger partial charge in [0.1, 0.15) is 0 Å². The predicted octanol–water partition coefficient (Wildman–Crippen LogP) is 1.32. The number of nitrogens with one attached hydrogen (secondary N) is 1. The Morgan fingerprint density at radius 2 is 2.31 bits per heavy atom. The lowest BCUT2D eigenvalue weighted by molar-refractivity contribution is 0.100. The Morgan fingerprint density at radius 1 is 1.54 bits per heavy atom. The van der Waals surface area contributed by atoms with E-state index in [1.54, 1.807) is 12.3 Å². The zero-order valence-electron chi connectivity index (χ0n) is 6.54. The number of carbonyl (C=O) groups excluding carboxylic acids is 1. The molecule has 0 radical (unpaired) electrons. The molecule has 0 fully saturated rings. The van der Waals surface area contributed by atoms with E-state index in [-0.39, 0.29) is 0 Å². The Balaban J connectivity index is 2.84. The van der Waals surface area contributed by atoms with Crippen LogP contribution in [0.4, 0.5) is 0 Å². The summed E-state index contributed by atoms with van der Waals surface area (Å²) in [5.41, 5.74) is 6.15. The summed E-state index contributed by atoms with van der Waals surface area (Å²) in [5.74, 6) is -0.517. The molecule has 1 heterocycles. The van der Waals surface area contributed by atoms with Crippen LogP contribution in [-0.4, -0.2) is 16.1 Å². The van der Waals surface area contributed by atoms with E-state index in [9.17, 15) is 4.79 Å². The molecular weight excluding hydrogens is 190 g/mol. The van der Waals surface area contributed by atoms with Crippen molar-refractivity contribution in [3.8, 4) is 0 Å². The van der Waals surface area contributed by atoms with E-state index in [1.165, 1.54) is 6.07 Å². The van der Waals surface area contributed by atoms with E-state index in [2.05, 4.69) is 10.2 Å². The molecule has 0 unspecified atom stereocenters. The third-order valence-electron chi connectivity index (χ3n) is 1.78. The zero-order valence-corrected chi connectivity index (χ0v) is 7.30. The van der Waals surface area contributed by atoms with Crippen LogP contribution in [0.1, 0.15) is 10.4 Å². The van der Waals surface area contributed by atoms with Gasteiger partial charge in [-0.3, -0.25) is 9.89 Å². The molecule has 5 heteroatoms. The normalized spacial score (nSPS) is 10.5. The number of nitrogens with two attached hydrogens (primary N) is 1. The Hall–Kier alpha value is -1.55. The van der Waals surface area contributed by atoms with Crippen LogP contribution in [0.3, 0.4) is 0 Å². The van der Waals surface area contributed by atoms with Crippen molar-refractivity contribution in [2.45, 2.75) is 0 Å². The summed E-state index contributed by atoms with van der Waals surface area (Å²) in [6.07, 6.45) is 1.59. The number of primary amides is 1. The second-order valence-corrected chi connectivity index (χ2v) is 3.09. The van der Waals surface area contributed by atoms with Gasteiger partial charge in [-0.05, 0) is 12.1 Å². The first-order valence-corrected chi connectivity index (χ1v) is 3.98. The number of hydrogen-bond acceptors (Lipinski definition) is 2. The number of hydrogen-bond donors (Lipinski definition) is 2. The number of aromatic nitrogens is 2. The summed E-state index contributed by atoms with van der Waals surface area (Å²) < 4.78 is 0. The number of H-pyrrole nitrogens is 1. The molecule has 1 aromatic heterocycles. The van der Waals surface area contributed by atoms with E-state index in [1.807, 2.05) is 0 Å². The third kappa shape index (κ3) is 1.25. The number of fused-ring (bicyclic) bond motifs is 1. The maximum absolute atomic E-state index is 11.0. The molecule has 1 aromatic carbocycles. The van der Waals surface area contributed by atoms with Gasteiger partial charge in [0.2, 0.25) is 0 Å². The summed E-state index contributed by atoms with van der Waals surface area (Å²) in [4.78, 5) is 11.0. The van der Waals surface area contributed by atoms with Crippen molar-refractivity contribution >= 4 is 28.4 Å². The van der Waals surface area contributed by atoms with Gasteiger partial charge in [0.15, 0.2) is 0 Å². The molecule has 0 atom stereocenters. The lowest BCUT2D eigenvalue weighted by Gasteiger charge is -1.98. The Bertz CT molecular complexity index is 477. The van der Waals surface area contributed by atoms with Crippen LogP contribution in [0, 0.1) is 0 Å². The predicted molar refractivity (Wildman–Crippen MR) is 49.6 cm³/mol. The fraction of sp³-hybridized carbons (Fsp3) is 0. The summed E-state index contributed by atoms with van der Waals surface area (Å²) >= 11 is 5.78. The lowest BCUT2D eigenvalue weighted by Crippen LogP contribution is -2.11. The SMILES string of the molecule is NC(=O)c1cc(Cl)cc2cn[nH]c12. The number of rotatable bonds is 1. The van der Waals surface area contributed by atoms with Crippen LogP contribution in [0.2, 0.25) is 5.02 Å². The molecule has 0 saturated heterocycles. The van der Waals surface area contributed by atoms with Gasteiger partial charge in [-0.25, -0.2) is 0 Å². The Morgan fingerprint density at radius 3 is 3.00 bits per heavy atom. The molecule has 0 bridgehead atoms. The van der Waals surface area contributed by atoms with Gasteiger partial charge in [0, 0.05) is 10.4 Å². The largest absolute Gasteiger partial charge is 0.366 e. The summed E-state index contributed by atoms with van der Waals surface area (Å²) in [6, 6.07) is 3.23. The zero-order chi connectivity index (χ0) is 9.42. The van der Waals surface area contributed by atoms with Gasteiger partial charge < -0.3 is 5.73 Å². The molecule has 2 rings (SSSR count). The number of benzene rings is 1. The highest BCUT2D eigenvalue weighted by Gasteiger charge is 2.09. The fourth-order valence-electron chi connectivity index (χ4n) is 1.22. The van der Waals surface area contributed by atoms with E-state index in [0.717, 1.165) is 5.39 Å². The molecule has 1 amide bonds. The first kappa shape index (κ1) is 8.07. The summed E-state index contributed by atoms with van der Waals surface area (Å²) in [7, 11) is 0. The van der Waals surface area contributed by atoms with Crippen molar-refractivity contribution in [1.29, 1.82) is 0 Å². The highest BCUT2D eigenvalue weighted by Crippen LogP contribution is 2.21. The van der Waals surface area contributed by atoms with Crippen molar-refractivity contribution in [2.24, 2.45) is 5.73 Å². The molecular formula is C8H6ClN3O. The Kier molecular flexibility index (Phi) is 1.70. The number of nitrogens with zero attached hydrogens (tertiary/aromatic N) is 1. The fourth-order valence-corrected chi connectivity index (χ4v) is 1.44. The lowest BCUT2D eigenvalue weighted by atomic mass is 10.1. The van der Waals surface area contributed by atoms with Crippen molar-refractivity contribution < 1.29 is 4.79 Å². The van der Waals surface area contributed by atoms with Gasteiger partial charge in [-0.1, -0.05) is 11.6 Å². The molecule has 0 aliphatic heterocycles. The molecule has 4 nitrogen and oxygen atoms in total. The molecule has 66 valence electrons. The first-order valence-electron chi connectivity index (χ1n) is 3.61. The number of halogens is 1. The molecule has 0 saturated carbocycles. The van der Waals surface area contributed by atoms with E-state index in [4.69, 9.17) is 17.3 Å². The molecule has 0 aliphatic rings. The van der Waals surface area contributed by atoms with E-state index >= 15 is 0 Å². The van der Waals surface area contributed by atoms with Crippen LogP contribution in [-0.2, 0) is 0 Å². The van der Waals surface area contributed by atoms with Gasteiger partial charge in [-0.15, -0.1) is 0 Å². The van der Waals surface area contributed by atoms with Crippen LogP contribution in [0.25, 0.3) is 10.9 Å². The number of carbonyl (C=O) groups is 1. The maximum Gasteiger partial charge on any atom is 0.250 e. The minimum absolute atomic E-state index is 0.361. The van der Waals surface area contributed by atoms with Crippen LogP contribution >= 0.6 is 11.6 Å². The van der Waals surface area contributed by atoms with Gasteiger partial charge in [0.05, 0.1) is 17.3 Å². The summed E-state index contributed by atoms with van der Waals surface area (Å²) in [6.45, 7) is 0. The van der Waals surface area contributed by atoms with Gasteiger partial charge >= 0.3 is 0 Å². The van der Waals surface area contributed by atoms with Crippen LogP contribution in [0.5, 0.6) is 0 Å². The molecule has 0 spiro atoms. The minimum Gasteiger partial charge on any atom is -0.366 e. The standard InChI is InChI=1S/C8H6ClN3O/c9-5-1-4-3-11-12-7(4)6(2-5)8(10)13/h1-3H,(H2,10,13)(H,11,12). The quantitative estimate of drug-likeness (QED) is 0.720. The minimum atomic E-state index is -0.517. The smallest absolute Gasteiger partial charge is 0.250 e. The van der Waals surface area contributed by atoms with Crippen LogP contribution in [0.15, 0.2) is 18.3 Å². The number of amides is 1. The highest BCUT2D eigenvalue weighted by atomic mass is 35.5. The molecule has 2 aromatic rings. The topological polar surface area (TPSA) is 71.8 Å². The maximum atomic E-state index is 11.0. The Labute approximate surface area is 78.7 Å². The highest BCUT2D eigenvalue weighted by molar-refractivity contribution is 6.32. The summed E-state index contributed by atoms with van der Waals surface area (Å²) in [5, 5.41) is 7.73. The van der Waals surface area contributed by atoms with Crippen molar-refractivity contribution in [2.75, 3.05) is 0 Å². The average molecular weight is 196 g/mol. The molecule has 3 N–H and O–H groups in total. The monoisotopic (exact) mass is 195 g/mol. The van der Waals surface area contributed by atoms with E-state index in [0.29, 0.717) is 16.1 Å². The van der Waals surface area contributed by atoms with Gasteiger partial charge in [-0.2, -0.15) is 5.10 Å². The second kappa shape index (κ2) is 2.74. The van der Waals surface area contributed by atoms with Crippen molar-refractivity contribution in [3.05, 3.63) is 28.9 Å². The number of aromatic amines is 1. The first-order chi connectivity index (χ1) is 6.18. The van der Waals surface area contributed by atoms with Crippen molar-refractivity contribution in [3.63, 3.8) is 0 Å². The molecule has 0 aliphatic carbocycles. The van der Waals surface area contributed by atoms with Gasteiger partial charge in [0.25, 0.3) is 5.91 Å².